The van der Waals surface area contributed by atoms with Gasteiger partial charge < -0.3 is 18.9 Å². The van der Waals surface area contributed by atoms with Gasteiger partial charge in [-0.1, -0.05) is 24.3 Å². The largest absolute Gasteiger partial charge is 0.444 e. The molecule has 1 N–H and O–H groups in total. The zero-order chi connectivity index (χ0) is 30.5. The first-order chi connectivity index (χ1) is 21.3. The molecule has 3 aromatic rings. The number of fused-ring (bicyclic) bond motifs is 3. The molecular weight excluding hydrogens is 577 g/mol. The van der Waals surface area contributed by atoms with Crippen LogP contribution in [0.4, 0.5) is 10.2 Å². The summed E-state index contributed by atoms with van der Waals surface area (Å²) in [6, 6.07) is 12.0. The Labute approximate surface area is 249 Å². The number of benzene rings is 2. The van der Waals surface area contributed by atoms with Crippen LogP contribution < -0.4 is 4.90 Å². The quantitative estimate of drug-likeness (QED) is 0.425. The first-order valence-corrected chi connectivity index (χ1v) is 14.0. The summed E-state index contributed by atoms with van der Waals surface area (Å²) < 4.78 is 37.3. The predicted molar refractivity (Wildman–Crippen MR) is 148 cm³/mol. The normalized spacial score (nSPS) is 21.2. The molecule has 44 heavy (non-hydrogen) atoms. The van der Waals surface area contributed by atoms with Gasteiger partial charge >= 0.3 is 35.7 Å². The molecule has 0 radical (unpaired) electrons. The molecule has 7 rings (SSSR count). The van der Waals surface area contributed by atoms with Gasteiger partial charge in [-0.15, -0.1) is 0 Å². The third kappa shape index (κ3) is 4.59. The minimum Gasteiger partial charge on any atom is -0.397 e. The van der Waals surface area contributed by atoms with E-state index in [9.17, 15) is 23.6 Å². The molecule has 14 heteroatoms. The number of esters is 4. The Morgan fingerprint density at radius 1 is 0.773 bits per heavy atom. The number of hydrogen-bond acceptors (Lipinski definition) is 12. The number of halogens is 1. The zero-order valence-corrected chi connectivity index (χ0v) is 23.2. The lowest BCUT2D eigenvalue weighted by Crippen LogP contribution is -2.81. The maximum absolute atomic E-state index is 14.0. The second kappa shape index (κ2) is 10.6. The van der Waals surface area contributed by atoms with E-state index in [1.165, 1.54) is 39.1 Å². The number of ether oxygens (including phenoxy) is 4. The fourth-order valence-electron chi connectivity index (χ4n) is 6.11. The van der Waals surface area contributed by atoms with Crippen LogP contribution in [0.3, 0.4) is 0 Å². The molecular formula is C30H26FN5O8. The van der Waals surface area contributed by atoms with Crippen LogP contribution in [0.1, 0.15) is 17.5 Å². The summed E-state index contributed by atoms with van der Waals surface area (Å²) >= 11 is 0. The first kappa shape index (κ1) is 27.7. The Morgan fingerprint density at radius 3 is 1.98 bits per heavy atom. The number of nitrogens with zero attached hydrogens (tertiary/aromatic N) is 4. The number of carbonyl (C=O) groups excluding carboxylic acids is 4. The molecule has 0 unspecified atom stereocenters. The molecule has 4 aliphatic rings. The summed E-state index contributed by atoms with van der Waals surface area (Å²) in [5.41, 5.74) is 2.77. The average molecular weight is 604 g/mol. The summed E-state index contributed by atoms with van der Waals surface area (Å²) in [6.45, 7) is 2.42. The predicted octanol–water partition coefficient (Wildman–Crippen LogP) is 1.85. The molecule has 4 aliphatic heterocycles. The second-order valence-electron chi connectivity index (χ2n) is 10.7. The van der Waals surface area contributed by atoms with Gasteiger partial charge in [-0.3, -0.25) is 14.9 Å². The topological polar surface area (TPSA) is 144 Å². The lowest BCUT2D eigenvalue weighted by molar-refractivity contribution is -0.415. The van der Waals surface area contributed by atoms with Gasteiger partial charge in [-0.25, -0.2) is 28.5 Å². The van der Waals surface area contributed by atoms with Crippen molar-refractivity contribution in [2.24, 2.45) is 0 Å². The van der Waals surface area contributed by atoms with Gasteiger partial charge in [0, 0.05) is 69.0 Å². The highest BCUT2D eigenvalue weighted by Crippen LogP contribution is 2.47. The molecule has 1 fully saturated rings. The molecule has 1 saturated heterocycles. The van der Waals surface area contributed by atoms with E-state index in [4.69, 9.17) is 18.9 Å². The standard InChI is InChI=1S/C30H26FN5O8/c31-21-6-7-22-23(16-21)32-33-28(22)36-15-14-35(13-3-12-34-17-19-4-1-2-5-20(19)18-34)29(41-24(37)8-9-25(38)42-29)30(36)43-26(39)10-11-27(40)44-30/h1-2,4-11,16H,3,12-15,17-18H2,(H,32,33). The van der Waals surface area contributed by atoms with Crippen LogP contribution in [0.2, 0.25) is 0 Å². The highest BCUT2D eigenvalue weighted by molar-refractivity contribution is 5.96. The Balaban J connectivity index is 1.29. The third-order valence-corrected chi connectivity index (χ3v) is 8.00. The van der Waals surface area contributed by atoms with Gasteiger partial charge in [0.1, 0.15) is 5.82 Å². The highest BCUT2D eigenvalue weighted by Gasteiger charge is 2.75. The number of rotatable bonds is 5. The zero-order valence-electron chi connectivity index (χ0n) is 23.2. The highest BCUT2D eigenvalue weighted by atomic mass is 19.1. The van der Waals surface area contributed by atoms with Crippen LogP contribution in [0, 0.1) is 5.82 Å². The molecule has 0 bridgehead atoms. The average Bonchev–Trinajstić information content (AvgIpc) is 3.51. The van der Waals surface area contributed by atoms with E-state index in [1.54, 1.807) is 0 Å². The van der Waals surface area contributed by atoms with E-state index in [-0.39, 0.29) is 25.5 Å². The van der Waals surface area contributed by atoms with Crippen molar-refractivity contribution < 1.29 is 42.5 Å². The lowest BCUT2D eigenvalue weighted by Gasteiger charge is -2.55. The van der Waals surface area contributed by atoms with Crippen molar-refractivity contribution in [3.63, 3.8) is 0 Å². The first-order valence-electron chi connectivity index (χ1n) is 14.0. The van der Waals surface area contributed by atoms with Crippen molar-refractivity contribution >= 4 is 40.6 Å². The molecule has 0 atom stereocenters. The van der Waals surface area contributed by atoms with Crippen LogP contribution in [-0.2, 0) is 51.2 Å². The van der Waals surface area contributed by atoms with Crippen LogP contribution in [-0.4, -0.2) is 81.9 Å². The van der Waals surface area contributed by atoms with Crippen molar-refractivity contribution in [3.05, 3.63) is 83.7 Å². The third-order valence-electron chi connectivity index (χ3n) is 8.00. The fraction of sp³-hybridized carbons (Fsp3) is 0.300. The number of anilines is 1. The van der Waals surface area contributed by atoms with Crippen molar-refractivity contribution in [1.29, 1.82) is 0 Å². The van der Waals surface area contributed by atoms with Crippen molar-refractivity contribution in [2.75, 3.05) is 31.1 Å². The van der Waals surface area contributed by atoms with Gasteiger partial charge in [0.05, 0.1) is 5.52 Å². The molecule has 1 aromatic heterocycles. The van der Waals surface area contributed by atoms with Gasteiger partial charge in [-0.2, -0.15) is 5.10 Å². The maximum Gasteiger partial charge on any atom is 0.444 e. The monoisotopic (exact) mass is 603 g/mol. The number of carbonyl (C=O) groups is 4. The lowest BCUT2D eigenvalue weighted by atomic mass is 10.1. The molecule has 0 amide bonds. The van der Waals surface area contributed by atoms with Gasteiger partial charge in [-0.05, 0) is 35.7 Å². The number of hydrogen-bond donors (Lipinski definition) is 1. The summed E-state index contributed by atoms with van der Waals surface area (Å²) in [6.07, 6.45) is 3.95. The molecule has 2 aromatic carbocycles. The summed E-state index contributed by atoms with van der Waals surface area (Å²) in [5.74, 6) is -9.83. The molecule has 2 spiro atoms. The second-order valence-corrected chi connectivity index (χ2v) is 10.7. The minimum absolute atomic E-state index is 0.00265. The maximum atomic E-state index is 14.0. The van der Waals surface area contributed by atoms with Crippen LogP contribution in [0.5, 0.6) is 0 Å². The summed E-state index contributed by atoms with van der Waals surface area (Å²) in [7, 11) is 0. The molecule has 0 saturated carbocycles. The Bertz CT molecular complexity index is 1690. The smallest absolute Gasteiger partial charge is 0.397 e. The van der Waals surface area contributed by atoms with Crippen molar-refractivity contribution in [1.82, 2.24) is 20.0 Å². The summed E-state index contributed by atoms with van der Waals surface area (Å²) in [5, 5.41) is 7.39. The van der Waals surface area contributed by atoms with Crippen molar-refractivity contribution in [2.45, 2.75) is 31.3 Å². The Hall–Kier alpha value is -5.08. The number of nitrogens with one attached hydrogen (secondary N) is 1. The van der Waals surface area contributed by atoms with E-state index >= 15 is 0 Å². The number of piperazine rings is 1. The SMILES string of the molecule is O=C1C=CC(=O)OC2(O1)N(CCCN1Cc3ccccc3C1)CCN(c1n[nH]c3cc(F)ccc13)C21OC(=O)C=CC(=O)O1. The molecule has 0 aliphatic carbocycles. The Morgan fingerprint density at radius 2 is 1.36 bits per heavy atom. The fourth-order valence-corrected chi connectivity index (χ4v) is 6.11. The Kier molecular flexibility index (Phi) is 6.66. The van der Waals surface area contributed by atoms with E-state index in [1.807, 2.05) is 12.1 Å². The minimum atomic E-state index is -2.69. The van der Waals surface area contributed by atoms with Gasteiger partial charge in [0.2, 0.25) is 0 Å². The summed E-state index contributed by atoms with van der Waals surface area (Å²) in [4.78, 5) is 57.1. The van der Waals surface area contributed by atoms with E-state index in [0.29, 0.717) is 23.9 Å². The van der Waals surface area contributed by atoms with Crippen LogP contribution in [0.25, 0.3) is 10.9 Å². The van der Waals surface area contributed by atoms with E-state index in [2.05, 4.69) is 27.2 Å². The molecule has 5 heterocycles. The molecule has 13 nitrogen and oxygen atoms in total. The van der Waals surface area contributed by atoms with Crippen molar-refractivity contribution in [3.8, 4) is 0 Å². The number of aromatic nitrogens is 2. The van der Waals surface area contributed by atoms with Crippen LogP contribution in [0.15, 0.2) is 66.8 Å². The number of aromatic amines is 1. The van der Waals surface area contributed by atoms with E-state index in [0.717, 1.165) is 37.4 Å². The number of H-pyrrole nitrogens is 1. The van der Waals surface area contributed by atoms with E-state index < -0.39 is 41.5 Å². The van der Waals surface area contributed by atoms with Gasteiger partial charge in [0.15, 0.2) is 5.82 Å². The van der Waals surface area contributed by atoms with Gasteiger partial charge in [0.25, 0.3) is 0 Å². The van der Waals surface area contributed by atoms with Crippen LogP contribution >= 0.6 is 0 Å². The molecule has 226 valence electrons.